The summed E-state index contributed by atoms with van der Waals surface area (Å²) < 4.78 is 0. The van der Waals surface area contributed by atoms with Crippen LogP contribution in [-0.2, 0) is 0 Å². The van der Waals surface area contributed by atoms with Gasteiger partial charge in [-0.2, -0.15) is 0 Å². The van der Waals surface area contributed by atoms with E-state index < -0.39 is 0 Å². The van der Waals surface area contributed by atoms with Crippen LogP contribution >= 0.6 is 11.8 Å². The molecule has 1 aliphatic rings. The van der Waals surface area contributed by atoms with E-state index in [1.165, 1.54) is 17.8 Å². The summed E-state index contributed by atoms with van der Waals surface area (Å²) in [5, 5.41) is 22.8. The van der Waals surface area contributed by atoms with Crippen LogP contribution in [0.25, 0.3) is 0 Å². The Morgan fingerprint density at radius 2 is 2.20 bits per heavy atom. The zero-order valence-electron chi connectivity index (χ0n) is 8.32. The fraction of sp³-hybridized carbons (Fsp3) is 0.300. The molecule has 1 aromatic rings. The van der Waals surface area contributed by atoms with E-state index in [-0.39, 0.29) is 11.5 Å². The van der Waals surface area contributed by atoms with Crippen LogP contribution in [-0.4, -0.2) is 28.5 Å². The molecule has 5 heteroatoms. The minimum Gasteiger partial charge on any atom is -0.504 e. The highest BCUT2D eigenvalue weighted by atomic mass is 32.2. The van der Waals surface area contributed by atoms with E-state index in [0.717, 1.165) is 23.2 Å². The maximum Gasteiger partial charge on any atom is 0.161 e. The van der Waals surface area contributed by atoms with Gasteiger partial charge in [-0.15, -0.1) is 0 Å². The van der Waals surface area contributed by atoms with E-state index >= 15 is 0 Å². The highest BCUT2D eigenvalue weighted by molar-refractivity contribution is 8.13. The van der Waals surface area contributed by atoms with Crippen LogP contribution in [0.5, 0.6) is 11.5 Å². The Kier molecular flexibility index (Phi) is 2.73. The largest absolute Gasteiger partial charge is 0.504 e. The zero-order valence-corrected chi connectivity index (χ0v) is 9.14. The molecule has 0 bridgehead atoms. The minimum absolute atomic E-state index is 0.0549. The van der Waals surface area contributed by atoms with Gasteiger partial charge in [0.05, 0.1) is 6.54 Å². The quantitative estimate of drug-likeness (QED) is 0.632. The number of benzene rings is 1. The molecular formula is C10H12N2O2S. The van der Waals surface area contributed by atoms with E-state index in [4.69, 9.17) is 0 Å². The molecule has 3 N–H and O–H groups in total. The van der Waals surface area contributed by atoms with Crippen LogP contribution in [0.2, 0.25) is 0 Å². The highest BCUT2D eigenvalue weighted by Gasteiger charge is 2.10. The number of aliphatic imine (C=N–C) groups is 1. The molecule has 0 aromatic heterocycles. The standard InChI is InChI=1S/C10H12N2O2S/c1-6-4-7(5-8(13)9(6)14)15-10-11-2-3-12-10/h4-5,13-14H,2-3H2,1H3,(H,11,12). The first-order valence-electron chi connectivity index (χ1n) is 4.65. The number of nitrogens with zero attached hydrogens (tertiary/aromatic N) is 1. The Morgan fingerprint density at radius 3 is 2.80 bits per heavy atom. The molecule has 0 radical (unpaired) electrons. The van der Waals surface area contributed by atoms with Gasteiger partial charge in [-0.05, 0) is 24.6 Å². The van der Waals surface area contributed by atoms with Gasteiger partial charge in [0.2, 0.25) is 0 Å². The third kappa shape index (κ3) is 2.18. The average molecular weight is 224 g/mol. The van der Waals surface area contributed by atoms with Crippen molar-refractivity contribution in [3.05, 3.63) is 17.7 Å². The van der Waals surface area contributed by atoms with Gasteiger partial charge in [-0.3, -0.25) is 4.99 Å². The van der Waals surface area contributed by atoms with Crippen LogP contribution in [0.15, 0.2) is 22.0 Å². The first-order valence-corrected chi connectivity index (χ1v) is 5.47. The summed E-state index contributed by atoms with van der Waals surface area (Å²) in [6.07, 6.45) is 0. The SMILES string of the molecule is Cc1cc(SC2=NCCN2)cc(O)c1O. The number of hydrogen-bond acceptors (Lipinski definition) is 5. The topological polar surface area (TPSA) is 64.9 Å². The number of aryl methyl sites for hydroxylation is 1. The fourth-order valence-electron chi connectivity index (χ4n) is 1.34. The van der Waals surface area contributed by atoms with Gasteiger partial charge in [-0.1, -0.05) is 11.8 Å². The molecule has 4 nitrogen and oxygen atoms in total. The number of amidine groups is 1. The molecule has 1 aliphatic heterocycles. The molecule has 1 aromatic carbocycles. The van der Waals surface area contributed by atoms with Crippen LogP contribution in [0, 0.1) is 6.92 Å². The Hall–Kier alpha value is -1.36. The molecule has 0 aliphatic carbocycles. The third-order valence-corrected chi connectivity index (χ3v) is 3.05. The molecule has 0 spiro atoms. The molecule has 0 amide bonds. The van der Waals surface area contributed by atoms with Gasteiger partial charge < -0.3 is 15.5 Å². The van der Waals surface area contributed by atoms with Gasteiger partial charge >= 0.3 is 0 Å². The second-order valence-corrected chi connectivity index (χ2v) is 4.39. The summed E-state index contributed by atoms with van der Waals surface area (Å²) in [4.78, 5) is 5.11. The Morgan fingerprint density at radius 1 is 1.40 bits per heavy atom. The van der Waals surface area contributed by atoms with Crippen molar-refractivity contribution in [3.8, 4) is 11.5 Å². The maximum absolute atomic E-state index is 9.43. The smallest absolute Gasteiger partial charge is 0.161 e. The lowest BCUT2D eigenvalue weighted by Crippen LogP contribution is -2.14. The Labute approximate surface area is 92.0 Å². The normalized spacial score (nSPS) is 14.9. The van der Waals surface area contributed by atoms with E-state index in [1.54, 1.807) is 6.92 Å². The van der Waals surface area contributed by atoms with Gasteiger partial charge in [0.25, 0.3) is 0 Å². The van der Waals surface area contributed by atoms with E-state index in [1.807, 2.05) is 6.07 Å². The number of aromatic hydroxyl groups is 2. The number of nitrogens with one attached hydrogen (secondary N) is 1. The van der Waals surface area contributed by atoms with Gasteiger partial charge in [0, 0.05) is 11.4 Å². The molecule has 0 unspecified atom stereocenters. The van der Waals surface area contributed by atoms with E-state index in [0.29, 0.717) is 5.56 Å². The summed E-state index contributed by atoms with van der Waals surface area (Å²) in [6, 6.07) is 3.36. The monoisotopic (exact) mass is 224 g/mol. The molecule has 1 heterocycles. The van der Waals surface area contributed by atoms with Crippen molar-refractivity contribution in [1.82, 2.24) is 5.32 Å². The van der Waals surface area contributed by atoms with E-state index in [2.05, 4.69) is 10.3 Å². The van der Waals surface area contributed by atoms with Crippen LogP contribution in [0.1, 0.15) is 5.56 Å². The number of hydrogen-bond donors (Lipinski definition) is 3. The molecule has 0 atom stereocenters. The lowest BCUT2D eigenvalue weighted by molar-refractivity contribution is 0.400. The first-order chi connectivity index (χ1) is 7.16. The van der Waals surface area contributed by atoms with Crippen molar-refractivity contribution in [2.75, 3.05) is 13.1 Å². The predicted octanol–water partition coefficient (Wildman–Crippen LogP) is 1.46. The summed E-state index contributed by atoms with van der Waals surface area (Å²) in [7, 11) is 0. The molecular weight excluding hydrogens is 212 g/mol. The predicted molar refractivity (Wildman–Crippen MR) is 60.7 cm³/mol. The van der Waals surface area contributed by atoms with Crippen LogP contribution in [0.3, 0.4) is 0 Å². The van der Waals surface area contributed by atoms with E-state index in [9.17, 15) is 10.2 Å². The third-order valence-electron chi connectivity index (χ3n) is 2.11. The lowest BCUT2D eigenvalue weighted by Gasteiger charge is -2.06. The van der Waals surface area contributed by atoms with Crippen molar-refractivity contribution < 1.29 is 10.2 Å². The van der Waals surface area contributed by atoms with Crippen LogP contribution < -0.4 is 5.32 Å². The zero-order chi connectivity index (χ0) is 10.8. The molecule has 80 valence electrons. The molecule has 0 fully saturated rings. The molecule has 2 rings (SSSR count). The first kappa shape index (κ1) is 10.2. The fourth-order valence-corrected chi connectivity index (χ4v) is 2.30. The van der Waals surface area contributed by atoms with Gasteiger partial charge in [-0.25, -0.2) is 0 Å². The number of phenolic OH excluding ortho intramolecular Hbond substituents is 2. The molecule has 15 heavy (non-hydrogen) atoms. The summed E-state index contributed by atoms with van der Waals surface area (Å²) in [6.45, 7) is 3.42. The highest BCUT2D eigenvalue weighted by Crippen LogP contribution is 2.34. The maximum atomic E-state index is 9.43. The number of rotatable bonds is 1. The van der Waals surface area contributed by atoms with Crippen molar-refractivity contribution in [1.29, 1.82) is 0 Å². The summed E-state index contributed by atoms with van der Waals surface area (Å²) in [5.74, 6) is -0.142. The summed E-state index contributed by atoms with van der Waals surface area (Å²) >= 11 is 1.46. The average Bonchev–Trinajstić information content (AvgIpc) is 2.66. The molecule has 0 saturated carbocycles. The second kappa shape index (κ2) is 4.02. The number of thioether (sulfide) groups is 1. The van der Waals surface area contributed by atoms with Gasteiger partial charge in [0.15, 0.2) is 16.7 Å². The number of phenols is 2. The van der Waals surface area contributed by atoms with Crippen molar-refractivity contribution in [2.45, 2.75) is 11.8 Å². The van der Waals surface area contributed by atoms with Crippen molar-refractivity contribution >= 4 is 16.9 Å². The van der Waals surface area contributed by atoms with Crippen molar-refractivity contribution in [2.24, 2.45) is 4.99 Å². The minimum atomic E-state index is -0.0869. The Balaban J connectivity index is 2.22. The summed E-state index contributed by atoms with van der Waals surface area (Å²) in [5.41, 5.74) is 0.663. The lowest BCUT2D eigenvalue weighted by atomic mass is 10.2. The second-order valence-electron chi connectivity index (χ2n) is 3.32. The van der Waals surface area contributed by atoms with Crippen molar-refractivity contribution in [3.63, 3.8) is 0 Å². The van der Waals surface area contributed by atoms with Crippen LogP contribution in [0.4, 0.5) is 0 Å². The Bertz CT molecular complexity index is 395. The van der Waals surface area contributed by atoms with Gasteiger partial charge in [0.1, 0.15) is 0 Å². The molecule has 0 saturated heterocycles.